The van der Waals surface area contributed by atoms with Gasteiger partial charge in [0.1, 0.15) is 12.4 Å². The summed E-state index contributed by atoms with van der Waals surface area (Å²) in [5, 5.41) is 3.39. The van der Waals surface area contributed by atoms with E-state index in [0.717, 1.165) is 27.0 Å². The van der Waals surface area contributed by atoms with Crippen molar-refractivity contribution in [3.63, 3.8) is 0 Å². The third kappa shape index (κ3) is 5.20. The summed E-state index contributed by atoms with van der Waals surface area (Å²) in [6.45, 7) is 2.56. The molecule has 150 valence electrons. The zero-order valence-corrected chi connectivity index (χ0v) is 18.7. The van der Waals surface area contributed by atoms with E-state index in [4.69, 9.17) is 4.74 Å². The van der Waals surface area contributed by atoms with Gasteiger partial charge in [-0.3, -0.25) is 4.79 Å². The Bertz CT molecular complexity index is 1130. The molecule has 1 aliphatic rings. The van der Waals surface area contributed by atoms with Gasteiger partial charge in [-0.05, 0) is 76.1 Å². The van der Waals surface area contributed by atoms with Crippen molar-refractivity contribution in [2.24, 2.45) is 4.99 Å². The number of rotatable bonds is 5. The number of amides is 1. The summed E-state index contributed by atoms with van der Waals surface area (Å²) in [7, 11) is 0. The first-order chi connectivity index (χ1) is 14.6. The summed E-state index contributed by atoms with van der Waals surface area (Å²) < 4.78 is 6.76. The third-order valence-corrected chi connectivity index (χ3v) is 5.94. The summed E-state index contributed by atoms with van der Waals surface area (Å²) in [6, 6.07) is 23.6. The van der Waals surface area contributed by atoms with Crippen molar-refractivity contribution in [2.75, 3.05) is 0 Å². The molecule has 0 unspecified atom stereocenters. The molecule has 30 heavy (non-hydrogen) atoms. The SMILES string of the molecule is Cc1ccc(COc2ccc(/C=C3\SC(=Nc4ccccc4)NC3=O)cc2Br)cc1. The molecule has 0 atom stereocenters. The average molecular weight is 479 g/mol. The maximum Gasteiger partial charge on any atom is 0.264 e. The van der Waals surface area contributed by atoms with Gasteiger partial charge in [0.25, 0.3) is 5.91 Å². The predicted molar refractivity (Wildman–Crippen MR) is 127 cm³/mol. The topological polar surface area (TPSA) is 50.7 Å². The van der Waals surface area contributed by atoms with E-state index in [-0.39, 0.29) is 5.91 Å². The van der Waals surface area contributed by atoms with Crippen LogP contribution in [0, 0.1) is 6.92 Å². The number of benzene rings is 3. The monoisotopic (exact) mass is 478 g/mol. The number of halogens is 1. The summed E-state index contributed by atoms with van der Waals surface area (Å²) in [6.07, 6.45) is 1.85. The number of hydrogen-bond acceptors (Lipinski definition) is 4. The standard InChI is InChI=1S/C24H19BrN2O2S/c1-16-7-9-17(10-8-16)15-29-21-12-11-18(13-20(21)25)14-22-23(28)27-24(30-22)26-19-5-3-2-4-6-19/h2-14H,15H2,1H3,(H,26,27,28)/b22-14-. The second kappa shape index (κ2) is 9.32. The Hall–Kier alpha value is -2.83. The minimum Gasteiger partial charge on any atom is -0.488 e. The number of nitrogens with one attached hydrogen (secondary N) is 1. The molecule has 0 radical (unpaired) electrons. The molecule has 1 fully saturated rings. The van der Waals surface area contributed by atoms with Gasteiger partial charge in [-0.25, -0.2) is 4.99 Å². The van der Waals surface area contributed by atoms with Crippen molar-refractivity contribution < 1.29 is 9.53 Å². The van der Waals surface area contributed by atoms with Gasteiger partial charge in [-0.2, -0.15) is 0 Å². The Labute approximate surface area is 188 Å². The van der Waals surface area contributed by atoms with Crippen molar-refractivity contribution in [2.45, 2.75) is 13.5 Å². The van der Waals surface area contributed by atoms with E-state index in [9.17, 15) is 4.79 Å². The van der Waals surface area contributed by atoms with Crippen LogP contribution in [0.5, 0.6) is 5.75 Å². The van der Waals surface area contributed by atoms with Gasteiger partial charge in [-0.15, -0.1) is 0 Å². The molecule has 4 nitrogen and oxygen atoms in total. The Morgan fingerprint density at radius 3 is 2.57 bits per heavy atom. The van der Waals surface area contributed by atoms with E-state index in [2.05, 4.69) is 57.4 Å². The number of para-hydroxylation sites is 1. The Kier molecular flexibility index (Phi) is 6.35. The van der Waals surface area contributed by atoms with Crippen LogP contribution in [0.1, 0.15) is 16.7 Å². The zero-order chi connectivity index (χ0) is 20.9. The van der Waals surface area contributed by atoms with Gasteiger partial charge in [0, 0.05) is 0 Å². The van der Waals surface area contributed by atoms with Crippen molar-refractivity contribution in [3.05, 3.63) is 98.9 Å². The minimum atomic E-state index is -0.148. The summed E-state index contributed by atoms with van der Waals surface area (Å²) in [5.41, 5.74) is 4.05. The van der Waals surface area contributed by atoms with Crippen molar-refractivity contribution >= 4 is 50.5 Å². The summed E-state index contributed by atoms with van der Waals surface area (Å²) in [4.78, 5) is 17.4. The Balaban J connectivity index is 1.45. The first-order valence-corrected chi connectivity index (χ1v) is 11.0. The van der Waals surface area contributed by atoms with Crippen LogP contribution < -0.4 is 10.1 Å². The molecule has 1 amide bonds. The number of aliphatic imine (C=N–C) groups is 1. The number of carbonyl (C=O) groups excluding carboxylic acids is 1. The van der Waals surface area contributed by atoms with Crippen LogP contribution in [0.15, 0.2) is 87.2 Å². The molecule has 1 heterocycles. The van der Waals surface area contributed by atoms with E-state index in [1.165, 1.54) is 17.3 Å². The molecule has 4 rings (SSSR count). The molecule has 1 saturated heterocycles. The van der Waals surface area contributed by atoms with Gasteiger partial charge in [0.2, 0.25) is 0 Å². The molecule has 1 N–H and O–H groups in total. The summed E-state index contributed by atoms with van der Waals surface area (Å²) in [5.74, 6) is 0.609. The number of aryl methyl sites for hydroxylation is 1. The lowest BCUT2D eigenvalue weighted by molar-refractivity contribution is -0.115. The largest absolute Gasteiger partial charge is 0.488 e. The van der Waals surface area contributed by atoms with Crippen LogP contribution in [0.2, 0.25) is 0 Å². The second-order valence-electron chi connectivity index (χ2n) is 6.78. The average Bonchev–Trinajstić information content (AvgIpc) is 3.08. The highest BCUT2D eigenvalue weighted by atomic mass is 79.9. The van der Waals surface area contributed by atoms with Crippen LogP contribution >= 0.6 is 27.7 Å². The number of carbonyl (C=O) groups is 1. The lowest BCUT2D eigenvalue weighted by atomic mass is 10.1. The Morgan fingerprint density at radius 1 is 1.07 bits per heavy atom. The van der Waals surface area contributed by atoms with Gasteiger partial charge < -0.3 is 10.1 Å². The van der Waals surface area contributed by atoms with Crippen molar-refractivity contribution in [3.8, 4) is 5.75 Å². The third-order valence-electron chi connectivity index (χ3n) is 4.41. The minimum absolute atomic E-state index is 0.148. The van der Waals surface area contributed by atoms with Crippen molar-refractivity contribution in [1.29, 1.82) is 0 Å². The molecule has 3 aromatic rings. The Morgan fingerprint density at radius 2 is 1.83 bits per heavy atom. The second-order valence-corrected chi connectivity index (χ2v) is 8.67. The van der Waals surface area contributed by atoms with Crippen LogP contribution in [-0.2, 0) is 11.4 Å². The molecule has 3 aromatic carbocycles. The zero-order valence-electron chi connectivity index (χ0n) is 16.3. The van der Waals surface area contributed by atoms with Gasteiger partial charge in [0.05, 0.1) is 15.1 Å². The highest BCUT2D eigenvalue weighted by Gasteiger charge is 2.23. The molecular formula is C24H19BrN2O2S. The molecule has 0 aliphatic carbocycles. The van der Waals surface area contributed by atoms with Crippen LogP contribution in [0.25, 0.3) is 6.08 Å². The van der Waals surface area contributed by atoms with Crippen LogP contribution in [-0.4, -0.2) is 11.1 Å². The fourth-order valence-corrected chi connectivity index (χ4v) is 4.17. The molecule has 0 aromatic heterocycles. The van der Waals surface area contributed by atoms with E-state index >= 15 is 0 Å². The molecular weight excluding hydrogens is 460 g/mol. The highest BCUT2D eigenvalue weighted by Crippen LogP contribution is 2.31. The summed E-state index contributed by atoms with van der Waals surface area (Å²) >= 11 is 4.90. The number of hydrogen-bond donors (Lipinski definition) is 1. The maximum absolute atomic E-state index is 12.3. The normalized spacial score (nSPS) is 16.1. The van der Waals surface area contributed by atoms with E-state index < -0.39 is 0 Å². The first kappa shape index (κ1) is 20.4. The van der Waals surface area contributed by atoms with E-state index in [0.29, 0.717) is 16.7 Å². The molecule has 0 spiro atoms. The maximum atomic E-state index is 12.3. The van der Waals surface area contributed by atoms with E-state index in [1.54, 1.807) is 0 Å². The van der Waals surface area contributed by atoms with Gasteiger partial charge in [0.15, 0.2) is 5.17 Å². The van der Waals surface area contributed by atoms with Crippen molar-refractivity contribution in [1.82, 2.24) is 5.32 Å². The van der Waals surface area contributed by atoms with Crippen LogP contribution in [0.4, 0.5) is 5.69 Å². The van der Waals surface area contributed by atoms with Gasteiger partial charge >= 0.3 is 0 Å². The fourth-order valence-electron chi connectivity index (χ4n) is 2.82. The smallest absolute Gasteiger partial charge is 0.264 e. The molecule has 6 heteroatoms. The number of amidine groups is 1. The first-order valence-electron chi connectivity index (χ1n) is 9.39. The quantitative estimate of drug-likeness (QED) is 0.442. The number of thioether (sulfide) groups is 1. The van der Waals surface area contributed by atoms with Gasteiger partial charge in [-0.1, -0.05) is 54.1 Å². The fraction of sp³-hybridized carbons (Fsp3) is 0.0833. The predicted octanol–water partition coefficient (Wildman–Crippen LogP) is 6.23. The van der Waals surface area contributed by atoms with Crippen LogP contribution in [0.3, 0.4) is 0 Å². The number of ether oxygens (including phenoxy) is 1. The molecule has 0 saturated carbocycles. The van der Waals surface area contributed by atoms with E-state index in [1.807, 2.05) is 54.6 Å². The number of nitrogens with zero attached hydrogens (tertiary/aromatic N) is 1. The molecule has 0 bridgehead atoms. The lowest BCUT2D eigenvalue weighted by Gasteiger charge is -2.09. The lowest BCUT2D eigenvalue weighted by Crippen LogP contribution is -2.19. The highest BCUT2D eigenvalue weighted by molar-refractivity contribution is 9.10. The molecule has 1 aliphatic heterocycles.